The number of halogens is 3. The molecule has 0 saturated heterocycles. The largest absolute Gasteiger partial charge is 0.348 e. The Morgan fingerprint density at radius 2 is 1.80 bits per heavy atom. The standard InChI is InChI=1S/C15H12BrClFNO/c16-8-10-1-3-11(4-2-10)9-19-15(20)12-5-6-14(18)13(17)7-12/h1-7H,8-9H2,(H,19,20). The second-order valence-electron chi connectivity index (χ2n) is 4.26. The maximum atomic E-state index is 13.0. The smallest absolute Gasteiger partial charge is 0.251 e. The summed E-state index contributed by atoms with van der Waals surface area (Å²) in [6, 6.07) is 11.8. The van der Waals surface area contributed by atoms with Crippen molar-refractivity contribution in [3.8, 4) is 0 Å². The summed E-state index contributed by atoms with van der Waals surface area (Å²) >= 11 is 9.02. The van der Waals surface area contributed by atoms with Crippen LogP contribution in [0.1, 0.15) is 21.5 Å². The van der Waals surface area contributed by atoms with Gasteiger partial charge in [0.2, 0.25) is 0 Å². The molecular formula is C15H12BrClFNO. The Kier molecular flexibility index (Phi) is 5.15. The van der Waals surface area contributed by atoms with Gasteiger partial charge in [0.25, 0.3) is 5.91 Å². The number of nitrogens with one attached hydrogen (secondary N) is 1. The fraction of sp³-hybridized carbons (Fsp3) is 0.133. The Morgan fingerprint density at radius 3 is 2.40 bits per heavy atom. The molecule has 2 nitrogen and oxygen atoms in total. The van der Waals surface area contributed by atoms with Gasteiger partial charge in [-0.05, 0) is 29.3 Å². The lowest BCUT2D eigenvalue weighted by molar-refractivity contribution is 0.0951. The number of rotatable bonds is 4. The maximum Gasteiger partial charge on any atom is 0.251 e. The number of carbonyl (C=O) groups is 1. The molecule has 1 N–H and O–H groups in total. The Bertz CT molecular complexity index is 616. The van der Waals surface area contributed by atoms with Crippen molar-refractivity contribution < 1.29 is 9.18 Å². The second-order valence-corrected chi connectivity index (χ2v) is 5.23. The van der Waals surface area contributed by atoms with Crippen molar-refractivity contribution in [3.05, 3.63) is 70.0 Å². The van der Waals surface area contributed by atoms with Crippen LogP contribution < -0.4 is 5.32 Å². The van der Waals surface area contributed by atoms with Gasteiger partial charge in [0, 0.05) is 17.4 Å². The van der Waals surface area contributed by atoms with Gasteiger partial charge < -0.3 is 5.32 Å². The molecule has 2 aromatic rings. The van der Waals surface area contributed by atoms with Gasteiger partial charge in [0.15, 0.2) is 0 Å². The number of hydrogen-bond acceptors (Lipinski definition) is 1. The summed E-state index contributed by atoms with van der Waals surface area (Å²) in [6.07, 6.45) is 0. The van der Waals surface area contributed by atoms with Gasteiger partial charge in [-0.3, -0.25) is 4.79 Å². The first kappa shape index (κ1) is 15.0. The van der Waals surface area contributed by atoms with Crippen molar-refractivity contribution >= 4 is 33.4 Å². The van der Waals surface area contributed by atoms with E-state index in [9.17, 15) is 9.18 Å². The van der Waals surface area contributed by atoms with Gasteiger partial charge in [-0.15, -0.1) is 0 Å². The molecule has 0 radical (unpaired) electrons. The number of alkyl halides is 1. The Balaban J connectivity index is 1.98. The molecule has 1 amide bonds. The summed E-state index contributed by atoms with van der Waals surface area (Å²) in [5, 5.41) is 3.51. The predicted octanol–water partition coefficient (Wildman–Crippen LogP) is 4.30. The predicted molar refractivity (Wildman–Crippen MR) is 81.7 cm³/mol. The SMILES string of the molecule is O=C(NCc1ccc(CBr)cc1)c1ccc(F)c(Cl)c1. The zero-order valence-electron chi connectivity index (χ0n) is 10.5. The molecule has 0 aromatic heterocycles. The molecule has 0 saturated carbocycles. The molecule has 20 heavy (non-hydrogen) atoms. The fourth-order valence-electron chi connectivity index (χ4n) is 1.67. The third-order valence-corrected chi connectivity index (χ3v) is 3.75. The number of amides is 1. The highest BCUT2D eigenvalue weighted by molar-refractivity contribution is 9.08. The van der Waals surface area contributed by atoms with Crippen molar-refractivity contribution in [1.29, 1.82) is 0 Å². The van der Waals surface area contributed by atoms with Gasteiger partial charge in [0.1, 0.15) is 5.82 Å². The lowest BCUT2D eigenvalue weighted by Crippen LogP contribution is -2.22. The zero-order chi connectivity index (χ0) is 14.5. The summed E-state index contributed by atoms with van der Waals surface area (Å²) in [6.45, 7) is 0.413. The minimum Gasteiger partial charge on any atom is -0.348 e. The summed E-state index contributed by atoms with van der Waals surface area (Å²) in [5.74, 6) is -0.815. The van der Waals surface area contributed by atoms with Crippen LogP contribution in [-0.2, 0) is 11.9 Å². The molecule has 0 atom stereocenters. The topological polar surface area (TPSA) is 29.1 Å². The van der Waals surface area contributed by atoms with E-state index in [1.54, 1.807) is 0 Å². The third kappa shape index (κ3) is 3.81. The van der Waals surface area contributed by atoms with E-state index < -0.39 is 5.82 Å². The van der Waals surface area contributed by atoms with Gasteiger partial charge in [-0.1, -0.05) is 51.8 Å². The quantitative estimate of drug-likeness (QED) is 0.813. The first-order valence-electron chi connectivity index (χ1n) is 5.97. The molecule has 0 heterocycles. The first-order valence-corrected chi connectivity index (χ1v) is 7.47. The van der Waals surface area contributed by atoms with E-state index >= 15 is 0 Å². The highest BCUT2D eigenvalue weighted by Gasteiger charge is 2.08. The Labute approximate surface area is 130 Å². The summed E-state index contributed by atoms with van der Waals surface area (Å²) in [5.41, 5.74) is 2.51. The molecule has 0 aliphatic heterocycles. The van der Waals surface area contributed by atoms with E-state index in [4.69, 9.17) is 11.6 Å². The van der Waals surface area contributed by atoms with Crippen molar-refractivity contribution in [2.45, 2.75) is 11.9 Å². The summed E-state index contributed by atoms with van der Waals surface area (Å²) < 4.78 is 13.0. The van der Waals surface area contributed by atoms with E-state index in [2.05, 4.69) is 21.2 Å². The molecule has 5 heteroatoms. The molecule has 0 spiro atoms. The van der Waals surface area contributed by atoms with Crippen LogP contribution in [0.3, 0.4) is 0 Å². The number of carbonyl (C=O) groups excluding carboxylic acids is 1. The summed E-state index contributed by atoms with van der Waals surface area (Å²) in [7, 11) is 0. The van der Waals surface area contributed by atoms with Crippen molar-refractivity contribution in [2.75, 3.05) is 0 Å². The van der Waals surface area contributed by atoms with Crippen LogP contribution in [0.2, 0.25) is 5.02 Å². The number of hydrogen-bond donors (Lipinski definition) is 1. The molecular weight excluding hydrogens is 345 g/mol. The van der Waals surface area contributed by atoms with Crippen molar-refractivity contribution in [1.82, 2.24) is 5.32 Å². The molecule has 0 aliphatic rings. The van der Waals surface area contributed by atoms with Crippen LogP contribution >= 0.6 is 27.5 Å². The average Bonchev–Trinajstić information content (AvgIpc) is 2.48. The van der Waals surface area contributed by atoms with Crippen LogP contribution in [0.25, 0.3) is 0 Å². The monoisotopic (exact) mass is 355 g/mol. The number of benzene rings is 2. The van der Waals surface area contributed by atoms with Gasteiger partial charge in [0.05, 0.1) is 5.02 Å². The van der Waals surface area contributed by atoms with Crippen LogP contribution in [-0.4, -0.2) is 5.91 Å². The molecule has 2 rings (SSSR count). The first-order chi connectivity index (χ1) is 9.60. The lowest BCUT2D eigenvalue weighted by atomic mass is 10.1. The molecule has 0 aliphatic carbocycles. The van der Waals surface area contributed by atoms with E-state index in [1.807, 2.05) is 24.3 Å². The van der Waals surface area contributed by atoms with Crippen LogP contribution in [0.4, 0.5) is 4.39 Å². The van der Waals surface area contributed by atoms with Gasteiger partial charge >= 0.3 is 0 Å². The maximum absolute atomic E-state index is 13.0. The van der Waals surface area contributed by atoms with Gasteiger partial charge in [-0.2, -0.15) is 0 Å². The lowest BCUT2D eigenvalue weighted by Gasteiger charge is -2.06. The molecule has 2 aromatic carbocycles. The van der Waals surface area contributed by atoms with Crippen LogP contribution in [0.5, 0.6) is 0 Å². The van der Waals surface area contributed by atoms with E-state index in [1.165, 1.54) is 23.8 Å². The Hall–Kier alpha value is -1.39. The molecule has 104 valence electrons. The molecule has 0 bridgehead atoms. The second kappa shape index (κ2) is 6.86. The third-order valence-electron chi connectivity index (χ3n) is 2.81. The van der Waals surface area contributed by atoms with E-state index in [0.717, 1.165) is 10.9 Å². The van der Waals surface area contributed by atoms with Crippen LogP contribution in [0, 0.1) is 5.82 Å². The normalized spacial score (nSPS) is 10.3. The summed E-state index contributed by atoms with van der Waals surface area (Å²) in [4.78, 5) is 11.9. The van der Waals surface area contributed by atoms with E-state index in [-0.39, 0.29) is 10.9 Å². The van der Waals surface area contributed by atoms with Crippen LogP contribution in [0.15, 0.2) is 42.5 Å². The average molecular weight is 357 g/mol. The van der Waals surface area contributed by atoms with Crippen molar-refractivity contribution in [3.63, 3.8) is 0 Å². The zero-order valence-corrected chi connectivity index (χ0v) is 12.8. The molecule has 0 unspecified atom stereocenters. The Morgan fingerprint density at radius 1 is 1.15 bits per heavy atom. The fourth-order valence-corrected chi connectivity index (χ4v) is 2.22. The van der Waals surface area contributed by atoms with Gasteiger partial charge in [-0.25, -0.2) is 4.39 Å². The highest BCUT2D eigenvalue weighted by atomic mass is 79.9. The minimum absolute atomic E-state index is 0.0562. The van der Waals surface area contributed by atoms with E-state index in [0.29, 0.717) is 12.1 Å². The molecule has 0 fully saturated rings. The van der Waals surface area contributed by atoms with Crippen molar-refractivity contribution in [2.24, 2.45) is 0 Å². The highest BCUT2D eigenvalue weighted by Crippen LogP contribution is 2.16. The minimum atomic E-state index is -0.534.